The minimum Gasteiger partial charge on any atom is -0.356 e. The Morgan fingerprint density at radius 2 is 2.50 bits per heavy atom. The smallest absolute Gasteiger partial charge is 0.220 e. The van der Waals surface area contributed by atoms with E-state index in [0.29, 0.717) is 19.0 Å². The van der Waals surface area contributed by atoms with Gasteiger partial charge in [0.2, 0.25) is 5.91 Å². The van der Waals surface area contributed by atoms with Gasteiger partial charge in [0.05, 0.1) is 5.01 Å². The van der Waals surface area contributed by atoms with Gasteiger partial charge in [-0.05, 0) is 25.8 Å². The zero-order chi connectivity index (χ0) is 12.6. The van der Waals surface area contributed by atoms with Crippen LogP contribution in [0, 0.1) is 0 Å². The van der Waals surface area contributed by atoms with Crippen LogP contribution in [0.15, 0.2) is 11.6 Å². The third-order valence-electron chi connectivity index (χ3n) is 3.28. The fraction of sp³-hybridized carbons (Fsp3) is 0.692. The number of hydrogen-bond donors (Lipinski definition) is 2. The molecule has 1 aliphatic heterocycles. The van der Waals surface area contributed by atoms with Crippen LogP contribution in [0.4, 0.5) is 0 Å². The SMILES string of the molecule is O=C(CCC1CCCCN1)NCCc1nccs1. The van der Waals surface area contributed by atoms with E-state index < -0.39 is 0 Å². The molecule has 100 valence electrons. The number of carbonyl (C=O) groups excluding carboxylic acids is 1. The van der Waals surface area contributed by atoms with Crippen molar-refractivity contribution < 1.29 is 4.79 Å². The number of thiazole rings is 1. The third-order valence-corrected chi connectivity index (χ3v) is 4.12. The Balaban J connectivity index is 1.54. The lowest BCUT2D eigenvalue weighted by Gasteiger charge is -2.23. The largest absolute Gasteiger partial charge is 0.356 e. The number of nitrogens with one attached hydrogen (secondary N) is 2. The van der Waals surface area contributed by atoms with Gasteiger partial charge in [-0.2, -0.15) is 0 Å². The molecule has 0 radical (unpaired) electrons. The summed E-state index contributed by atoms with van der Waals surface area (Å²) in [6.45, 7) is 1.81. The molecule has 2 heterocycles. The number of aromatic nitrogens is 1. The third kappa shape index (κ3) is 4.74. The second kappa shape index (κ2) is 7.48. The first-order valence-corrected chi connectivity index (χ1v) is 7.61. The van der Waals surface area contributed by atoms with Gasteiger partial charge in [-0.1, -0.05) is 6.42 Å². The normalized spacial score (nSPS) is 19.7. The Morgan fingerprint density at radius 1 is 1.56 bits per heavy atom. The highest BCUT2D eigenvalue weighted by Gasteiger charge is 2.13. The Kier molecular flexibility index (Phi) is 5.61. The molecule has 0 saturated carbocycles. The van der Waals surface area contributed by atoms with Gasteiger partial charge in [-0.3, -0.25) is 4.79 Å². The highest BCUT2D eigenvalue weighted by atomic mass is 32.1. The van der Waals surface area contributed by atoms with Gasteiger partial charge < -0.3 is 10.6 Å². The van der Waals surface area contributed by atoms with Crippen LogP contribution in [-0.4, -0.2) is 30.0 Å². The van der Waals surface area contributed by atoms with Crippen LogP contribution in [0.25, 0.3) is 0 Å². The number of nitrogens with zero attached hydrogens (tertiary/aromatic N) is 1. The van der Waals surface area contributed by atoms with Crippen molar-refractivity contribution >= 4 is 17.2 Å². The van der Waals surface area contributed by atoms with Crippen LogP contribution < -0.4 is 10.6 Å². The predicted molar refractivity (Wildman–Crippen MR) is 73.7 cm³/mol. The zero-order valence-electron chi connectivity index (χ0n) is 10.7. The van der Waals surface area contributed by atoms with E-state index in [2.05, 4.69) is 15.6 Å². The van der Waals surface area contributed by atoms with E-state index in [-0.39, 0.29) is 5.91 Å². The molecule has 1 atom stereocenters. The predicted octanol–water partition coefficient (Wildman–Crippen LogP) is 1.72. The maximum absolute atomic E-state index is 11.7. The lowest BCUT2D eigenvalue weighted by atomic mass is 10.0. The summed E-state index contributed by atoms with van der Waals surface area (Å²) < 4.78 is 0. The monoisotopic (exact) mass is 267 g/mol. The molecule has 2 N–H and O–H groups in total. The van der Waals surface area contributed by atoms with Gasteiger partial charge in [0.25, 0.3) is 0 Å². The number of amides is 1. The van der Waals surface area contributed by atoms with Crippen LogP contribution in [0.1, 0.15) is 37.1 Å². The number of hydrogen-bond acceptors (Lipinski definition) is 4. The van der Waals surface area contributed by atoms with Crippen molar-refractivity contribution in [3.63, 3.8) is 0 Å². The quantitative estimate of drug-likeness (QED) is 0.825. The van der Waals surface area contributed by atoms with Crippen molar-refractivity contribution in [1.82, 2.24) is 15.6 Å². The molecule has 18 heavy (non-hydrogen) atoms. The number of rotatable bonds is 6. The minimum absolute atomic E-state index is 0.166. The van der Waals surface area contributed by atoms with Gasteiger partial charge in [-0.25, -0.2) is 4.98 Å². The van der Waals surface area contributed by atoms with Crippen molar-refractivity contribution in [2.45, 2.75) is 44.6 Å². The summed E-state index contributed by atoms with van der Waals surface area (Å²) in [7, 11) is 0. The summed E-state index contributed by atoms with van der Waals surface area (Å²) in [5, 5.41) is 9.48. The zero-order valence-corrected chi connectivity index (χ0v) is 11.5. The van der Waals surface area contributed by atoms with Gasteiger partial charge in [-0.15, -0.1) is 11.3 Å². The summed E-state index contributed by atoms with van der Waals surface area (Å²) in [6, 6.07) is 0.545. The fourth-order valence-electron chi connectivity index (χ4n) is 2.25. The van der Waals surface area contributed by atoms with Crippen molar-refractivity contribution in [2.75, 3.05) is 13.1 Å². The maximum atomic E-state index is 11.7. The van der Waals surface area contributed by atoms with Crippen LogP contribution in [0.3, 0.4) is 0 Å². The van der Waals surface area contributed by atoms with Crippen LogP contribution >= 0.6 is 11.3 Å². The first-order valence-electron chi connectivity index (χ1n) is 6.73. The van der Waals surface area contributed by atoms with E-state index in [9.17, 15) is 4.79 Å². The Morgan fingerprint density at radius 3 is 3.22 bits per heavy atom. The molecule has 1 aromatic rings. The summed E-state index contributed by atoms with van der Waals surface area (Å²) in [5.41, 5.74) is 0. The van der Waals surface area contributed by atoms with E-state index in [1.54, 1.807) is 17.5 Å². The molecule has 1 saturated heterocycles. The first kappa shape index (κ1) is 13.5. The van der Waals surface area contributed by atoms with Crippen molar-refractivity contribution in [3.05, 3.63) is 16.6 Å². The number of piperidine rings is 1. The van der Waals surface area contributed by atoms with Gasteiger partial charge >= 0.3 is 0 Å². The standard InChI is InChI=1S/C13H21N3OS/c17-12(5-4-11-3-1-2-7-14-11)15-8-6-13-16-9-10-18-13/h9-11,14H,1-8H2,(H,15,17). The average Bonchev–Trinajstić information content (AvgIpc) is 2.91. The summed E-state index contributed by atoms with van der Waals surface area (Å²) in [4.78, 5) is 15.8. The summed E-state index contributed by atoms with van der Waals surface area (Å²) >= 11 is 1.64. The summed E-state index contributed by atoms with van der Waals surface area (Å²) in [5.74, 6) is 0.166. The molecule has 1 aliphatic rings. The molecule has 2 rings (SSSR count). The molecule has 1 amide bonds. The molecule has 4 nitrogen and oxygen atoms in total. The molecular formula is C13H21N3OS. The molecule has 0 aromatic carbocycles. The highest BCUT2D eigenvalue weighted by Crippen LogP contribution is 2.11. The lowest BCUT2D eigenvalue weighted by molar-refractivity contribution is -0.121. The van der Waals surface area contributed by atoms with Crippen LogP contribution in [0.2, 0.25) is 0 Å². The van der Waals surface area contributed by atoms with E-state index in [1.165, 1.54) is 19.3 Å². The Bertz CT molecular complexity index is 347. The van der Waals surface area contributed by atoms with E-state index in [4.69, 9.17) is 0 Å². The van der Waals surface area contributed by atoms with E-state index in [1.807, 2.05) is 5.38 Å². The molecule has 1 unspecified atom stereocenters. The van der Waals surface area contributed by atoms with Gasteiger partial charge in [0, 0.05) is 37.0 Å². The number of carbonyl (C=O) groups is 1. The highest BCUT2D eigenvalue weighted by molar-refractivity contribution is 7.09. The fourth-order valence-corrected chi connectivity index (χ4v) is 2.87. The van der Waals surface area contributed by atoms with Crippen molar-refractivity contribution in [1.29, 1.82) is 0 Å². The topological polar surface area (TPSA) is 54.0 Å². The Labute approximate surface area is 112 Å². The Hall–Kier alpha value is -0.940. The van der Waals surface area contributed by atoms with Gasteiger partial charge in [0.1, 0.15) is 0 Å². The molecule has 1 aromatic heterocycles. The average molecular weight is 267 g/mol. The molecule has 0 bridgehead atoms. The first-order chi connectivity index (χ1) is 8.84. The molecule has 5 heteroatoms. The van der Waals surface area contributed by atoms with E-state index >= 15 is 0 Å². The van der Waals surface area contributed by atoms with E-state index in [0.717, 1.165) is 24.4 Å². The minimum atomic E-state index is 0.166. The molecule has 0 aliphatic carbocycles. The molecular weight excluding hydrogens is 246 g/mol. The molecule has 1 fully saturated rings. The van der Waals surface area contributed by atoms with Gasteiger partial charge in [0.15, 0.2) is 0 Å². The maximum Gasteiger partial charge on any atom is 0.220 e. The lowest BCUT2D eigenvalue weighted by Crippen LogP contribution is -2.35. The second-order valence-electron chi connectivity index (χ2n) is 4.71. The second-order valence-corrected chi connectivity index (χ2v) is 5.69. The van der Waals surface area contributed by atoms with Crippen LogP contribution in [-0.2, 0) is 11.2 Å². The summed E-state index contributed by atoms with van der Waals surface area (Å²) in [6.07, 6.45) is 8.02. The van der Waals surface area contributed by atoms with Crippen molar-refractivity contribution in [2.24, 2.45) is 0 Å². The molecule has 0 spiro atoms. The van der Waals surface area contributed by atoms with Crippen LogP contribution in [0.5, 0.6) is 0 Å². The van der Waals surface area contributed by atoms with Crippen molar-refractivity contribution in [3.8, 4) is 0 Å².